The molecule has 3 aliphatic rings. The number of benzene rings is 1. The monoisotopic (exact) mass is 429 g/mol. The first-order valence-corrected chi connectivity index (χ1v) is 11.1. The molecule has 0 bridgehead atoms. The summed E-state index contributed by atoms with van der Waals surface area (Å²) in [7, 11) is 2.03. The molecule has 1 aliphatic carbocycles. The summed E-state index contributed by atoms with van der Waals surface area (Å²) in [5, 5.41) is 15.1. The van der Waals surface area contributed by atoms with Crippen LogP contribution in [0.25, 0.3) is 0 Å². The number of anilines is 1. The van der Waals surface area contributed by atoms with Crippen molar-refractivity contribution in [3.05, 3.63) is 33.4 Å². The van der Waals surface area contributed by atoms with Crippen molar-refractivity contribution in [2.24, 2.45) is 0 Å². The average molecular weight is 430 g/mol. The number of rotatable bonds is 4. The Balaban J connectivity index is 1.72. The Morgan fingerprint density at radius 3 is 2.52 bits per heavy atom. The van der Waals surface area contributed by atoms with Crippen molar-refractivity contribution in [1.29, 1.82) is 0 Å². The molecular formula is C22H31N5O4. The summed E-state index contributed by atoms with van der Waals surface area (Å²) in [6, 6.07) is 3.25. The molecule has 1 saturated heterocycles. The summed E-state index contributed by atoms with van der Waals surface area (Å²) in [6.07, 6.45) is 1.52. The van der Waals surface area contributed by atoms with Gasteiger partial charge >= 0.3 is 6.03 Å². The fourth-order valence-electron chi connectivity index (χ4n) is 5.88. The Hall–Kier alpha value is -2.68. The summed E-state index contributed by atoms with van der Waals surface area (Å²) in [5.41, 5.74) is 2.68. The zero-order valence-electron chi connectivity index (χ0n) is 18.6. The van der Waals surface area contributed by atoms with Gasteiger partial charge in [0.1, 0.15) is 0 Å². The van der Waals surface area contributed by atoms with E-state index in [4.69, 9.17) is 0 Å². The molecule has 0 aromatic heterocycles. The van der Waals surface area contributed by atoms with Crippen LogP contribution in [-0.2, 0) is 4.79 Å². The highest BCUT2D eigenvalue weighted by molar-refractivity contribution is 5.95. The number of urea groups is 1. The smallest absolute Gasteiger partial charge is 0.317 e. The number of fused-ring (bicyclic) bond motifs is 2. The molecule has 1 N–H and O–H groups in total. The van der Waals surface area contributed by atoms with E-state index in [2.05, 4.69) is 10.2 Å². The van der Waals surface area contributed by atoms with Crippen LogP contribution in [0, 0.1) is 10.1 Å². The minimum Gasteiger partial charge on any atom is -0.334 e. The lowest BCUT2D eigenvalue weighted by Crippen LogP contribution is -2.56. The van der Waals surface area contributed by atoms with Gasteiger partial charge in [0, 0.05) is 74.3 Å². The maximum atomic E-state index is 12.6. The Bertz CT molecular complexity index is 915. The third kappa shape index (κ3) is 3.54. The number of nitrogens with one attached hydrogen (secondary N) is 1. The Morgan fingerprint density at radius 1 is 1.19 bits per heavy atom. The maximum Gasteiger partial charge on any atom is 0.317 e. The van der Waals surface area contributed by atoms with Crippen LogP contribution >= 0.6 is 0 Å². The number of carbonyl (C=O) groups excluding carboxylic acids is 2. The summed E-state index contributed by atoms with van der Waals surface area (Å²) in [4.78, 5) is 42.2. The van der Waals surface area contributed by atoms with E-state index in [0.29, 0.717) is 32.6 Å². The average Bonchev–Trinajstić information content (AvgIpc) is 3.09. The van der Waals surface area contributed by atoms with E-state index in [0.717, 1.165) is 23.2 Å². The zero-order valence-corrected chi connectivity index (χ0v) is 18.6. The number of nitrogens with zero attached hydrogens (tertiary/aromatic N) is 4. The summed E-state index contributed by atoms with van der Waals surface area (Å²) >= 11 is 0. The van der Waals surface area contributed by atoms with E-state index in [1.165, 1.54) is 0 Å². The molecule has 0 radical (unpaired) electrons. The normalized spacial score (nSPS) is 26.8. The van der Waals surface area contributed by atoms with Gasteiger partial charge in [-0.05, 0) is 45.4 Å². The van der Waals surface area contributed by atoms with Gasteiger partial charge in [-0.25, -0.2) is 4.79 Å². The van der Waals surface area contributed by atoms with Gasteiger partial charge in [-0.3, -0.25) is 14.9 Å². The van der Waals surface area contributed by atoms with Crippen molar-refractivity contribution >= 4 is 23.3 Å². The SMILES string of the molecule is CCN(CC)C(=O)N[C@H]1C[C@@H]2c3c([N+](=O)[O-])ccc4c3[C@H](C[C@H]2N(C)C1)CN4C(C)=O. The Morgan fingerprint density at radius 2 is 1.90 bits per heavy atom. The predicted molar refractivity (Wildman–Crippen MR) is 117 cm³/mol. The third-order valence-electron chi connectivity index (χ3n) is 7.27. The molecule has 2 aliphatic heterocycles. The molecule has 3 amide bonds. The standard InChI is InChI=1S/C22H31N5O4/c1-5-25(6-2)22(29)23-15-10-16-19(24(4)12-15)9-14-11-26(13(3)28)17-7-8-18(27(30)31)21(16)20(14)17/h7-8,14-16,19H,5-6,9-12H2,1-4H3,(H,23,29)/t14-,15+,16+,19-/m1/s1. The van der Waals surface area contributed by atoms with Gasteiger partial charge in [-0.2, -0.15) is 0 Å². The van der Waals surface area contributed by atoms with Crippen LogP contribution in [0.1, 0.15) is 56.6 Å². The molecule has 168 valence electrons. The van der Waals surface area contributed by atoms with Crippen LogP contribution in [0.15, 0.2) is 12.1 Å². The molecule has 1 aromatic rings. The van der Waals surface area contributed by atoms with E-state index >= 15 is 0 Å². The molecule has 2 heterocycles. The Labute approximate surface area is 182 Å². The number of carbonyl (C=O) groups is 2. The number of piperidine rings is 1. The number of likely N-dealkylation sites (N-methyl/N-ethyl adjacent to an activating group) is 1. The van der Waals surface area contributed by atoms with Crippen LogP contribution in [0.4, 0.5) is 16.2 Å². The first-order chi connectivity index (χ1) is 14.8. The quantitative estimate of drug-likeness (QED) is 0.586. The van der Waals surface area contributed by atoms with E-state index in [1.54, 1.807) is 28.9 Å². The third-order valence-corrected chi connectivity index (χ3v) is 7.27. The van der Waals surface area contributed by atoms with Crippen LogP contribution in [0.3, 0.4) is 0 Å². The second-order valence-corrected chi connectivity index (χ2v) is 8.92. The zero-order chi connectivity index (χ0) is 22.4. The molecule has 0 saturated carbocycles. The predicted octanol–water partition coefficient (Wildman–Crippen LogP) is 2.66. The number of likely N-dealkylation sites (tertiary alicyclic amines) is 1. The van der Waals surface area contributed by atoms with Gasteiger partial charge < -0.3 is 20.0 Å². The maximum absolute atomic E-state index is 12.6. The molecule has 4 atom stereocenters. The second kappa shape index (κ2) is 8.11. The number of hydrogen-bond donors (Lipinski definition) is 1. The molecule has 0 spiro atoms. The van der Waals surface area contributed by atoms with Crippen LogP contribution in [-0.4, -0.2) is 72.0 Å². The molecule has 9 nitrogen and oxygen atoms in total. The number of nitro groups is 1. The summed E-state index contributed by atoms with van der Waals surface area (Å²) < 4.78 is 0. The molecule has 4 rings (SSSR count). The largest absolute Gasteiger partial charge is 0.334 e. The molecular weight excluding hydrogens is 398 g/mol. The van der Waals surface area contributed by atoms with Gasteiger partial charge in [0.15, 0.2) is 0 Å². The van der Waals surface area contributed by atoms with Gasteiger partial charge in [0.05, 0.1) is 4.92 Å². The molecule has 1 aromatic carbocycles. The van der Waals surface area contributed by atoms with E-state index in [9.17, 15) is 19.7 Å². The number of amides is 3. The fourth-order valence-corrected chi connectivity index (χ4v) is 5.88. The molecule has 0 unspecified atom stereocenters. The lowest BCUT2D eigenvalue weighted by atomic mass is 9.69. The van der Waals surface area contributed by atoms with Gasteiger partial charge in [-0.15, -0.1) is 0 Å². The minimum atomic E-state index is -0.302. The van der Waals surface area contributed by atoms with Gasteiger partial charge in [0.25, 0.3) is 5.69 Å². The lowest BCUT2D eigenvalue weighted by Gasteiger charge is -2.47. The van der Waals surface area contributed by atoms with Crippen molar-refractivity contribution in [2.75, 3.05) is 38.1 Å². The van der Waals surface area contributed by atoms with Crippen molar-refractivity contribution in [3.63, 3.8) is 0 Å². The first kappa shape index (κ1) is 21.5. The highest BCUT2D eigenvalue weighted by Crippen LogP contribution is 2.54. The Kier molecular flexibility index (Phi) is 5.63. The highest BCUT2D eigenvalue weighted by Gasteiger charge is 2.49. The van der Waals surface area contributed by atoms with Crippen molar-refractivity contribution in [2.45, 2.75) is 57.5 Å². The fraction of sp³-hybridized carbons (Fsp3) is 0.636. The first-order valence-electron chi connectivity index (χ1n) is 11.1. The van der Waals surface area contributed by atoms with Crippen LogP contribution in [0.2, 0.25) is 0 Å². The van der Waals surface area contributed by atoms with Crippen molar-refractivity contribution < 1.29 is 14.5 Å². The summed E-state index contributed by atoms with van der Waals surface area (Å²) in [5.74, 6) is 0.0183. The summed E-state index contributed by atoms with van der Waals surface area (Å²) in [6.45, 7) is 8.01. The molecule has 31 heavy (non-hydrogen) atoms. The number of hydrogen-bond acceptors (Lipinski definition) is 5. The molecule has 1 fully saturated rings. The second-order valence-electron chi connectivity index (χ2n) is 8.92. The van der Waals surface area contributed by atoms with Gasteiger partial charge in [0.2, 0.25) is 5.91 Å². The highest BCUT2D eigenvalue weighted by atomic mass is 16.6. The van der Waals surface area contributed by atoms with E-state index < -0.39 is 0 Å². The lowest BCUT2D eigenvalue weighted by molar-refractivity contribution is -0.386. The van der Waals surface area contributed by atoms with Crippen LogP contribution < -0.4 is 10.2 Å². The van der Waals surface area contributed by atoms with Gasteiger partial charge in [-0.1, -0.05) is 0 Å². The van der Waals surface area contributed by atoms with E-state index in [1.807, 2.05) is 20.9 Å². The van der Waals surface area contributed by atoms with E-state index in [-0.39, 0.29) is 46.5 Å². The topological polar surface area (TPSA) is 99.0 Å². The number of nitro benzene ring substituents is 1. The van der Waals surface area contributed by atoms with Crippen LogP contribution in [0.5, 0.6) is 0 Å². The minimum absolute atomic E-state index is 0.0360. The van der Waals surface area contributed by atoms with Crippen molar-refractivity contribution in [3.8, 4) is 0 Å². The van der Waals surface area contributed by atoms with Crippen molar-refractivity contribution in [1.82, 2.24) is 15.1 Å². The molecule has 9 heteroatoms.